The molecule has 4 nitrogen and oxygen atoms in total. The van der Waals surface area contributed by atoms with E-state index in [-0.39, 0.29) is 17.2 Å². The SMILES string of the molecule is CCNC(c1nccn1C)C1CC(C)(C)OC1(C)C. The molecule has 0 radical (unpaired) electrons. The molecular formula is C15H27N3O. The van der Waals surface area contributed by atoms with Crippen molar-refractivity contribution in [2.45, 2.75) is 58.3 Å². The van der Waals surface area contributed by atoms with Crippen LogP contribution in [0.25, 0.3) is 0 Å². The zero-order chi connectivity index (χ0) is 14.3. The second-order valence-electron chi connectivity index (χ2n) is 6.71. The molecule has 2 rings (SSSR count). The van der Waals surface area contributed by atoms with E-state index in [1.807, 2.05) is 12.4 Å². The first-order chi connectivity index (χ1) is 8.77. The number of aryl methyl sites for hydroxylation is 1. The number of hydrogen-bond donors (Lipinski definition) is 1. The average molecular weight is 265 g/mol. The average Bonchev–Trinajstić information content (AvgIpc) is 2.76. The summed E-state index contributed by atoms with van der Waals surface area (Å²) >= 11 is 0. The summed E-state index contributed by atoms with van der Waals surface area (Å²) < 4.78 is 8.34. The van der Waals surface area contributed by atoms with E-state index in [0.717, 1.165) is 18.8 Å². The van der Waals surface area contributed by atoms with Gasteiger partial charge in [0, 0.05) is 25.4 Å². The van der Waals surface area contributed by atoms with E-state index in [4.69, 9.17) is 4.74 Å². The molecule has 1 fully saturated rings. The predicted molar refractivity (Wildman–Crippen MR) is 77.0 cm³/mol. The Kier molecular flexibility index (Phi) is 3.76. The Morgan fingerprint density at radius 1 is 1.47 bits per heavy atom. The normalized spacial score (nSPS) is 26.5. The standard InChI is InChI=1S/C15H27N3O/c1-7-16-12(13-17-8-9-18(13)6)11-10-14(2,3)19-15(11,4)5/h8-9,11-12,16H,7,10H2,1-6H3. The van der Waals surface area contributed by atoms with Gasteiger partial charge in [-0.05, 0) is 40.7 Å². The highest BCUT2D eigenvalue weighted by atomic mass is 16.5. The Morgan fingerprint density at radius 2 is 2.16 bits per heavy atom. The van der Waals surface area contributed by atoms with Gasteiger partial charge in [0.15, 0.2) is 0 Å². The molecule has 0 bridgehead atoms. The van der Waals surface area contributed by atoms with Crippen molar-refractivity contribution in [2.24, 2.45) is 13.0 Å². The van der Waals surface area contributed by atoms with E-state index >= 15 is 0 Å². The topological polar surface area (TPSA) is 39.1 Å². The molecule has 0 spiro atoms. The van der Waals surface area contributed by atoms with Gasteiger partial charge in [0.25, 0.3) is 0 Å². The molecule has 1 aromatic rings. The van der Waals surface area contributed by atoms with E-state index < -0.39 is 0 Å². The highest BCUT2D eigenvalue weighted by molar-refractivity contribution is 5.08. The van der Waals surface area contributed by atoms with E-state index in [1.165, 1.54) is 0 Å². The van der Waals surface area contributed by atoms with Crippen LogP contribution in [0.1, 0.15) is 52.9 Å². The second kappa shape index (κ2) is 4.91. The summed E-state index contributed by atoms with van der Waals surface area (Å²) in [7, 11) is 2.06. The number of ether oxygens (including phenoxy) is 1. The van der Waals surface area contributed by atoms with Crippen LogP contribution in [-0.2, 0) is 11.8 Å². The van der Waals surface area contributed by atoms with Crippen LogP contribution in [0.2, 0.25) is 0 Å². The van der Waals surface area contributed by atoms with E-state index in [9.17, 15) is 0 Å². The Labute approximate surface area is 116 Å². The van der Waals surface area contributed by atoms with Gasteiger partial charge in [-0.25, -0.2) is 4.98 Å². The third kappa shape index (κ3) is 2.84. The lowest BCUT2D eigenvalue weighted by molar-refractivity contribution is -0.0781. The lowest BCUT2D eigenvalue weighted by Crippen LogP contribution is -2.39. The van der Waals surface area contributed by atoms with E-state index in [2.05, 4.69) is 56.5 Å². The maximum absolute atomic E-state index is 6.24. The summed E-state index contributed by atoms with van der Waals surface area (Å²) in [6, 6.07) is 0.238. The van der Waals surface area contributed by atoms with Gasteiger partial charge in [-0.3, -0.25) is 0 Å². The zero-order valence-electron chi connectivity index (χ0n) is 13.0. The van der Waals surface area contributed by atoms with Gasteiger partial charge in [0.05, 0.1) is 17.2 Å². The van der Waals surface area contributed by atoms with Crippen LogP contribution in [0.4, 0.5) is 0 Å². The van der Waals surface area contributed by atoms with Crippen LogP contribution >= 0.6 is 0 Å². The third-order valence-corrected chi connectivity index (χ3v) is 4.11. The highest BCUT2D eigenvalue weighted by Gasteiger charge is 2.49. The van der Waals surface area contributed by atoms with Crippen LogP contribution in [-0.4, -0.2) is 27.3 Å². The molecule has 0 aromatic carbocycles. The Morgan fingerprint density at radius 3 is 2.58 bits per heavy atom. The Balaban J connectivity index is 2.32. The summed E-state index contributed by atoms with van der Waals surface area (Å²) in [6.45, 7) is 11.8. The molecule has 0 amide bonds. The predicted octanol–water partition coefficient (Wildman–Crippen LogP) is 2.66. The first-order valence-corrected chi connectivity index (χ1v) is 7.17. The first-order valence-electron chi connectivity index (χ1n) is 7.17. The van der Waals surface area contributed by atoms with Crippen molar-refractivity contribution in [2.75, 3.05) is 6.54 Å². The molecule has 0 aliphatic carbocycles. The molecule has 2 unspecified atom stereocenters. The molecule has 4 heteroatoms. The van der Waals surface area contributed by atoms with Gasteiger partial charge >= 0.3 is 0 Å². The molecule has 1 aliphatic rings. The van der Waals surface area contributed by atoms with Crippen LogP contribution in [0.3, 0.4) is 0 Å². The van der Waals surface area contributed by atoms with Crippen LogP contribution in [0.15, 0.2) is 12.4 Å². The van der Waals surface area contributed by atoms with Crippen molar-refractivity contribution in [3.8, 4) is 0 Å². The Bertz CT molecular complexity index is 436. The minimum Gasteiger partial charge on any atom is -0.369 e. The smallest absolute Gasteiger partial charge is 0.125 e. The van der Waals surface area contributed by atoms with Crippen molar-refractivity contribution in [1.29, 1.82) is 0 Å². The first kappa shape index (κ1) is 14.5. The molecular weight excluding hydrogens is 238 g/mol. The van der Waals surface area contributed by atoms with Gasteiger partial charge < -0.3 is 14.6 Å². The van der Waals surface area contributed by atoms with Gasteiger partial charge in [-0.1, -0.05) is 6.92 Å². The molecule has 2 heterocycles. The molecule has 108 valence electrons. The summed E-state index contributed by atoms with van der Waals surface area (Å²) in [4.78, 5) is 4.54. The number of nitrogens with one attached hydrogen (secondary N) is 1. The maximum atomic E-state index is 6.24. The van der Waals surface area contributed by atoms with Gasteiger partial charge in [0.2, 0.25) is 0 Å². The summed E-state index contributed by atoms with van der Waals surface area (Å²) in [5, 5.41) is 3.60. The minimum atomic E-state index is -0.137. The highest BCUT2D eigenvalue weighted by Crippen LogP contribution is 2.47. The van der Waals surface area contributed by atoms with Gasteiger partial charge in [-0.2, -0.15) is 0 Å². The largest absolute Gasteiger partial charge is 0.369 e. The van der Waals surface area contributed by atoms with Crippen molar-refractivity contribution in [3.05, 3.63) is 18.2 Å². The van der Waals surface area contributed by atoms with Crippen molar-refractivity contribution < 1.29 is 4.74 Å². The maximum Gasteiger partial charge on any atom is 0.125 e. The summed E-state index contributed by atoms with van der Waals surface area (Å²) in [6.07, 6.45) is 4.92. The molecule has 2 atom stereocenters. The molecule has 1 saturated heterocycles. The fourth-order valence-electron chi connectivity index (χ4n) is 3.43. The number of nitrogens with zero attached hydrogens (tertiary/aromatic N) is 2. The second-order valence-corrected chi connectivity index (χ2v) is 6.71. The molecule has 1 aromatic heterocycles. The molecule has 0 saturated carbocycles. The van der Waals surface area contributed by atoms with Crippen LogP contribution in [0, 0.1) is 5.92 Å². The van der Waals surface area contributed by atoms with Crippen LogP contribution < -0.4 is 5.32 Å². The van der Waals surface area contributed by atoms with E-state index in [0.29, 0.717) is 5.92 Å². The number of hydrogen-bond acceptors (Lipinski definition) is 3. The van der Waals surface area contributed by atoms with Crippen molar-refractivity contribution >= 4 is 0 Å². The van der Waals surface area contributed by atoms with Gasteiger partial charge in [-0.15, -0.1) is 0 Å². The Hall–Kier alpha value is -0.870. The molecule has 19 heavy (non-hydrogen) atoms. The van der Waals surface area contributed by atoms with Crippen molar-refractivity contribution in [3.63, 3.8) is 0 Å². The summed E-state index contributed by atoms with van der Waals surface area (Å²) in [5.41, 5.74) is -0.199. The fourth-order valence-corrected chi connectivity index (χ4v) is 3.43. The lowest BCUT2D eigenvalue weighted by Gasteiger charge is -2.33. The zero-order valence-corrected chi connectivity index (χ0v) is 13.0. The van der Waals surface area contributed by atoms with Crippen LogP contribution in [0.5, 0.6) is 0 Å². The number of rotatable bonds is 4. The minimum absolute atomic E-state index is 0.0625. The fraction of sp³-hybridized carbons (Fsp3) is 0.800. The number of aromatic nitrogens is 2. The van der Waals surface area contributed by atoms with Crippen molar-refractivity contribution in [1.82, 2.24) is 14.9 Å². The quantitative estimate of drug-likeness (QED) is 0.909. The molecule has 1 aliphatic heterocycles. The summed E-state index contributed by atoms with van der Waals surface area (Å²) in [5.74, 6) is 1.52. The van der Waals surface area contributed by atoms with Gasteiger partial charge in [0.1, 0.15) is 5.82 Å². The third-order valence-electron chi connectivity index (χ3n) is 4.11. The van der Waals surface area contributed by atoms with E-state index in [1.54, 1.807) is 0 Å². The lowest BCUT2D eigenvalue weighted by atomic mass is 9.81. The number of imidazole rings is 1. The molecule has 1 N–H and O–H groups in total. The monoisotopic (exact) mass is 265 g/mol.